The molecule has 0 amide bonds. The number of benzene rings is 7. The van der Waals surface area contributed by atoms with Crippen molar-refractivity contribution >= 4 is 21.8 Å². The van der Waals surface area contributed by atoms with Gasteiger partial charge in [0.25, 0.3) is 0 Å². The molecule has 45 heavy (non-hydrogen) atoms. The Morgan fingerprint density at radius 1 is 0.400 bits per heavy atom. The molecule has 1 aromatic heterocycles. The summed E-state index contributed by atoms with van der Waals surface area (Å²) in [5.41, 5.74) is 13.1. The molecule has 2 heteroatoms. The Bertz CT molecular complexity index is 2420. The smallest absolute Gasteiger partial charge is 0.132 e. The van der Waals surface area contributed by atoms with Crippen LogP contribution >= 0.6 is 0 Å². The van der Waals surface area contributed by atoms with Gasteiger partial charge < -0.3 is 9.30 Å². The predicted octanol–water partition coefficient (Wildman–Crippen LogP) is 10.9. The maximum absolute atomic E-state index is 6.53. The van der Waals surface area contributed by atoms with Crippen LogP contribution < -0.4 is 4.74 Å². The predicted molar refractivity (Wildman–Crippen MR) is 184 cm³/mol. The number of nitrogens with zero attached hydrogens (tertiary/aromatic N) is 1. The van der Waals surface area contributed by atoms with Gasteiger partial charge in [-0.25, -0.2) is 0 Å². The lowest BCUT2D eigenvalue weighted by Crippen LogP contribution is -2.32. The third-order valence-electron chi connectivity index (χ3n) is 9.87. The molecule has 7 aromatic carbocycles. The van der Waals surface area contributed by atoms with Crippen molar-refractivity contribution in [2.45, 2.75) is 5.41 Å². The largest absolute Gasteiger partial charge is 0.457 e. The summed E-state index contributed by atoms with van der Waals surface area (Å²) in [4.78, 5) is 0. The fraction of sp³-hybridized carbons (Fsp3) is 0.0233. The summed E-state index contributed by atoms with van der Waals surface area (Å²) in [6.45, 7) is 0. The second kappa shape index (κ2) is 9.07. The molecule has 8 aromatic rings. The van der Waals surface area contributed by atoms with Gasteiger partial charge in [-0.05, 0) is 81.9 Å². The Morgan fingerprint density at radius 2 is 0.978 bits per heavy atom. The Balaban J connectivity index is 1.24. The summed E-state index contributed by atoms with van der Waals surface area (Å²) >= 11 is 0. The second-order valence-electron chi connectivity index (χ2n) is 12.1. The Hall–Kier alpha value is -5.86. The van der Waals surface area contributed by atoms with Gasteiger partial charge in [0.05, 0.1) is 16.4 Å². The van der Waals surface area contributed by atoms with Gasteiger partial charge in [-0.15, -0.1) is 0 Å². The fourth-order valence-electron chi connectivity index (χ4n) is 8.04. The normalized spacial score (nSPS) is 13.7. The van der Waals surface area contributed by atoms with Gasteiger partial charge in [-0.1, -0.05) is 115 Å². The lowest BCUT2D eigenvalue weighted by atomic mass is 9.66. The molecule has 0 saturated carbocycles. The van der Waals surface area contributed by atoms with Crippen molar-refractivity contribution in [2.24, 2.45) is 0 Å². The van der Waals surface area contributed by atoms with Crippen molar-refractivity contribution in [3.63, 3.8) is 0 Å². The van der Waals surface area contributed by atoms with Crippen LogP contribution in [0.5, 0.6) is 11.5 Å². The van der Waals surface area contributed by atoms with Gasteiger partial charge in [0.15, 0.2) is 0 Å². The van der Waals surface area contributed by atoms with E-state index in [4.69, 9.17) is 4.74 Å². The summed E-state index contributed by atoms with van der Waals surface area (Å²) in [7, 11) is 0. The van der Waals surface area contributed by atoms with E-state index in [-0.39, 0.29) is 0 Å². The van der Waals surface area contributed by atoms with Crippen LogP contribution in [-0.2, 0) is 5.41 Å². The van der Waals surface area contributed by atoms with E-state index in [0.717, 1.165) is 11.5 Å². The lowest BCUT2D eigenvalue weighted by Gasteiger charge is -2.39. The number of hydrogen-bond donors (Lipinski definition) is 0. The van der Waals surface area contributed by atoms with Crippen LogP contribution in [0.4, 0.5) is 0 Å². The van der Waals surface area contributed by atoms with Crippen LogP contribution in [0.1, 0.15) is 22.3 Å². The number of ether oxygens (including phenoxy) is 1. The highest BCUT2D eigenvalue weighted by Crippen LogP contribution is 2.62. The molecular weight excluding hydrogens is 546 g/mol. The van der Waals surface area contributed by atoms with Gasteiger partial charge >= 0.3 is 0 Å². The highest BCUT2D eigenvalue weighted by atomic mass is 16.5. The molecule has 0 N–H and O–H groups in total. The van der Waals surface area contributed by atoms with Crippen LogP contribution in [0.15, 0.2) is 164 Å². The van der Waals surface area contributed by atoms with E-state index in [1.54, 1.807) is 0 Å². The minimum absolute atomic E-state index is 0.471. The first-order valence-electron chi connectivity index (χ1n) is 15.5. The highest BCUT2D eigenvalue weighted by Gasteiger charge is 2.50. The molecule has 1 aliphatic heterocycles. The van der Waals surface area contributed by atoms with Crippen molar-refractivity contribution in [3.05, 3.63) is 186 Å². The molecule has 0 radical (unpaired) electrons. The molecule has 0 fully saturated rings. The van der Waals surface area contributed by atoms with Crippen LogP contribution in [0.3, 0.4) is 0 Å². The molecule has 0 bridgehead atoms. The zero-order valence-electron chi connectivity index (χ0n) is 24.4. The van der Waals surface area contributed by atoms with Crippen molar-refractivity contribution in [3.8, 4) is 39.4 Å². The van der Waals surface area contributed by atoms with Crippen LogP contribution in [0.2, 0.25) is 0 Å². The number of para-hydroxylation sites is 4. The van der Waals surface area contributed by atoms with E-state index < -0.39 is 5.41 Å². The van der Waals surface area contributed by atoms with E-state index in [0.29, 0.717) is 0 Å². The molecule has 10 rings (SSSR count). The topological polar surface area (TPSA) is 14.2 Å². The minimum Gasteiger partial charge on any atom is -0.457 e. The molecule has 0 unspecified atom stereocenters. The quantitative estimate of drug-likeness (QED) is 0.201. The standard InChI is InChI=1S/C43H27NO/c1-2-12-30(13-3-1)44-39-19-9-5-15-33(39)34-26-28(23-25-40(34)44)29-22-24-32-31-14-4-6-16-35(31)43(38(32)27-29)36-17-7-10-20-41(36)45-42-21-11-8-18-37(42)43/h1-27H. The first kappa shape index (κ1) is 24.6. The number of fused-ring (bicyclic) bond motifs is 12. The summed E-state index contributed by atoms with van der Waals surface area (Å²) in [6.07, 6.45) is 0. The Kier molecular flexibility index (Phi) is 4.95. The van der Waals surface area contributed by atoms with Crippen molar-refractivity contribution in [2.75, 3.05) is 0 Å². The second-order valence-corrected chi connectivity index (χ2v) is 12.1. The van der Waals surface area contributed by atoms with E-state index in [1.807, 2.05) is 0 Å². The summed E-state index contributed by atoms with van der Waals surface area (Å²) < 4.78 is 8.91. The highest BCUT2D eigenvalue weighted by molar-refractivity contribution is 6.10. The zero-order chi connectivity index (χ0) is 29.5. The number of aromatic nitrogens is 1. The van der Waals surface area contributed by atoms with E-state index in [9.17, 15) is 0 Å². The average Bonchev–Trinajstić information content (AvgIpc) is 3.59. The molecule has 0 saturated heterocycles. The maximum atomic E-state index is 6.53. The molecule has 0 atom stereocenters. The van der Waals surface area contributed by atoms with Crippen LogP contribution in [-0.4, -0.2) is 4.57 Å². The first-order chi connectivity index (χ1) is 22.3. The van der Waals surface area contributed by atoms with E-state index >= 15 is 0 Å². The SMILES string of the molecule is c1ccc(-n2c3ccccc3c3cc(-c4ccc5c(c4)C4(c6ccccc6Oc6ccccc64)c4ccccc4-5)ccc32)cc1. The summed E-state index contributed by atoms with van der Waals surface area (Å²) in [5, 5.41) is 2.52. The fourth-order valence-corrected chi connectivity index (χ4v) is 8.04. The summed E-state index contributed by atoms with van der Waals surface area (Å²) in [6, 6.07) is 59.4. The molecule has 1 aliphatic carbocycles. The third-order valence-corrected chi connectivity index (χ3v) is 9.87. The van der Waals surface area contributed by atoms with E-state index in [1.165, 1.54) is 72.0 Å². The zero-order valence-corrected chi connectivity index (χ0v) is 24.4. The van der Waals surface area contributed by atoms with Gasteiger partial charge in [0.2, 0.25) is 0 Å². The van der Waals surface area contributed by atoms with Gasteiger partial charge in [0, 0.05) is 27.6 Å². The number of hydrogen-bond acceptors (Lipinski definition) is 1. The number of rotatable bonds is 2. The van der Waals surface area contributed by atoms with Crippen molar-refractivity contribution in [1.29, 1.82) is 0 Å². The lowest BCUT2D eigenvalue weighted by molar-refractivity contribution is 0.436. The van der Waals surface area contributed by atoms with Gasteiger partial charge in [0.1, 0.15) is 11.5 Å². The van der Waals surface area contributed by atoms with Crippen LogP contribution in [0, 0.1) is 0 Å². The van der Waals surface area contributed by atoms with Crippen LogP contribution in [0.25, 0.3) is 49.7 Å². The van der Waals surface area contributed by atoms with Crippen molar-refractivity contribution < 1.29 is 4.74 Å². The van der Waals surface area contributed by atoms with Gasteiger partial charge in [-0.3, -0.25) is 0 Å². The van der Waals surface area contributed by atoms with Crippen molar-refractivity contribution in [1.82, 2.24) is 4.57 Å². The molecule has 210 valence electrons. The molecule has 2 nitrogen and oxygen atoms in total. The third kappa shape index (κ3) is 3.23. The minimum atomic E-state index is -0.471. The van der Waals surface area contributed by atoms with Gasteiger partial charge in [-0.2, -0.15) is 0 Å². The average molecular weight is 574 g/mol. The Labute approximate surface area is 261 Å². The molecule has 1 spiro atoms. The van der Waals surface area contributed by atoms with E-state index in [2.05, 4.69) is 168 Å². The summed E-state index contributed by atoms with van der Waals surface area (Å²) in [5.74, 6) is 1.83. The molecule has 2 heterocycles. The Morgan fingerprint density at radius 3 is 1.78 bits per heavy atom. The monoisotopic (exact) mass is 573 g/mol. The maximum Gasteiger partial charge on any atom is 0.132 e. The molecule has 2 aliphatic rings. The molecular formula is C43H27NO. The first-order valence-corrected chi connectivity index (χ1v) is 15.5.